The molecule has 1 amide bonds. The van der Waals surface area contributed by atoms with Crippen LogP contribution in [-0.2, 0) is 6.42 Å². The SMILES string of the molecule is O=C(c1ccn[nH]1)N1CCC[C@@H]1c1cccc(Cc2ccc(Cl)cc2)n1. The third-order valence-corrected chi connectivity index (χ3v) is 4.96. The van der Waals surface area contributed by atoms with E-state index in [1.807, 2.05) is 47.4 Å². The fraction of sp³-hybridized carbons (Fsp3) is 0.250. The van der Waals surface area contributed by atoms with Gasteiger partial charge in [-0.25, -0.2) is 0 Å². The zero-order valence-corrected chi connectivity index (χ0v) is 15.0. The minimum Gasteiger partial charge on any atom is -0.329 e. The van der Waals surface area contributed by atoms with Gasteiger partial charge in [-0.1, -0.05) is 29.8 Å². The van der Waals surface area contributed by atoms with Crippen molar-refractivity contribution in [2.45, 2.75) is 25.3 Å². The maximum atomic E-state index is 12.7. The Labute approximate surface area is 157 Å². The predicted molar refractivity (Wildman–Crippen MR) is 100 cm³/mol. The van der Waals surface area contributed by atoms with E-state index >= 15 is 0 Å². The van der Waals surface area contributed by atoms with E-state index in [1.54, 1.807) is 12.3 Å². The number of carbonyl (C=O) groups is 1. The number of hydrogen-bond acceptors (Lipinski definition) is 3. The molecule has 1 aromatic carbocycles. The first kappa shape index (κ1) is 16.8. The molecule has 0 aliphatic carbocycles. The van der Waals surface area contributed by atoms with E-state index < -0.39 is 0 Å². The van der Waals surface area contributed by atoms with E-state index in [9.17, 15) is 4.79 Å². The summed E-state index contributed by atoms with van der Waals surface area (Å²) in [6, 6.07) is 15.6. The molecule has 1 aliphatic rings. The maximum Gasteiger partial charge on any atom is 0.272 e. The van der Waals surface area contributed by atoms with E-state index in [1.165, 1.54) is 0 Å². The van der Waals surface area contributed by atoms with Crippen LogP contribution in [0.25, 0.3) is 0 Å². The molecule has 26 heavy (non-hydrogen) atoms. The second-order valence-electron chi connectivity index (χ2n) is 6.48. The largest absolute Gasteiger partial charge is 0.329 e. The van der Waals surface area contributed by atoms with Gasteiger partial charge in [0.25, 0.3) is 5.91 Å². The highest BCUT2D eigenvalue weighted by atomic mass is 35.5. The number of halogens is 1. The molecule has 0 radical (unpaired) electrons. The topological polar surface area (TPSA) is 61.9 Å². The molecule has 1 N–H and O–H groups in total. The lowest BCUT2D eigenvalue weighted by Crippen LogP contribution is -2.31. The van der Waals surface area contributed by atoms with Crippen LogP contribution in [0.4, 0.5) is 0 Å². The molecule has 2 aromatic heterocycles. The van der Waals surface area contributed by atoms with E-state index in [2.05, 4.69) is 10.2 Å². The van der Waals surface area contributed by atoms with Gasteiger partial charge >= 0.3 is 0 Å². The second-order valence-corrected chi connectivity index (χ2v) is 6.92. The van der Waals surface area contributed by atoms with Crippen LogP contribution in [0.5, 0.6) is 0 Å². The molecular formula is C20H19ClN4O. The number of amides is 1. The molecule has 3 heterocycles. The fourth-order valence-corrected chi connectivity index (χ4v) is 3.57. The van der Waals surface area contributed by atoms with Gasteiger partial charge in [-0.05, 0) is 48.7 Å². The minimum atomic E-state index is -0.0186. The number of pyridine rings is 1. The summed E-state index contributed by atoms with van der Waals surface area (Å²) in [5.74, 6) is -0.0186. The van der Waals surface area contributed by atoms with Crippen LogP contribution in [0.3, 0.4) is 0 Å². The lowest BCUT2D eigenvalue weighted by molar-refractivity contribution is 0.0726. The Morgan fingerprint density at radius 2 is 2.04 bits per heavy atom. The number of aromatic amines is 1. The van der Waals surface area contributed by atoms with Gasteiger partial charge < -0.3 is 4.90 Å². The molecule has 5 nitrogen and oxygen atoms in total. The summed E-state index contributed by atoms with van der Waals surface area (Å²) in [6.07, 6.45) is 4.25. The Morgan fingerprint density at radius 1 is 1.19 bits per heavy atom. The molecule has 0 spiro atoms. The van der Waals surface area contributed by atoms with Crippen LogP contribution in [-0.4, -0.2) is 32.5 Å². The molecule has 0 unspecified atom stereocenters. The van der Waals surface area contributed by atoms with Crippen LogP contribution in [0.2, 0.25) is 5.02 Å². The summed E-state index contributed by atoms with van der Waals surface area (Å²) >= 11 is 5.95. The van der Waals surface area contributed by atoms with Gasteiger partial charge in [0.15, 0.2) is 0 Å². The Bertz CT molecular complexity index is 892. The number of aromatic nitrogens is 3. The van der Waals surface area contributed by atoms with Crippen molar-refractivity contribution >= 4 is 17.5 Å². The molecule has 1 atom stereocenters. The van der Waals surface area contributed by atoms with Crippen LogP contribution < -0.4 is 0 Å². The molecule has 6 heteroatoms. The number of carbonyl (C=O) groups excluding carboxylic acids is 1. The maximum absolute atomic E-state index is 12.7. The highest BCUT2D eigenvalue weighted by molar-refractivity contribution is 6.30. The van der Waals surface area contributed by atoms with Gasteiger partial charge in [0.2, 0.25) is 0 Å². The van der Waals surface area contributed by atoms with E-state index in [-0.39, 0.29) is 11.9 Å². The van der Waals surface area contributed by atoms with E-state index in [4.69, 9.17) is 16.6 Å². The van der Waals surface area contributed by atoms with Crippen molar-refractivity contribution in [2.75, 3.05) is 6.54 Å². The van der Waals surface area contributed by atoms with Gasteiger partial charge in [0.05, 0.1) is 11.7 Å². The Balaban J connectivity index is 1.55. The van der Waals surface area contributed by atoms with Crippen LogP contribution >= 0.6 is 11.6 Å². The minimum absolute atomic E-state index is 0.0102. The highest BCUT2D eigenvalue weighted by Gasteiger charge is 2.32. The van der Waals surface area contributed by atoms with Crippen molar-refractivity contribution < 1.29 is 4.79 Å². The monoisotopic (exact) mass is 366 g/mol. The summed E-state index contributed by atoms with van der Waals surface area (Å²) in [4.78, 5) is 19.4. The van der Waals surface area contributed by atoms with Crippen molar-refractivity contribution in [3.63, 3.8) is 0 Å². The zero-order valence-electron chi connectivity index (χ0n) is 14.2. The lowest BCUT2D eigenvalue weighted by atomic mass is 10.1. The first-order valence-corrected chi connectivity index (χ1v) is 9.09. The number of likely N-dealkylation sites (tertiary alicyclic amines) is 1. The number of H-pyrrole nitrogens is 1. The fourth-order valence-electron chi connectivity index (χ4n) is 3.44. The van der Waals surface area contributed by atoms with Crippen LogP contribution in [0.15, 0.2) is 54.7 Å². The third kappa shape index (κ3) is 3.48. The van der Waals surface area contributed by atoms with Gasteiger partial charge in [-0.2, -0.15) is 5.10 Å². The summed E-state index contributed by atoms with van der Waals surface area (Å²) in [5.41, 5.74) is 3.62. The molecule has 0 bridgehead atoms. The molecule has 3 aromatic rings. The Morgan fingerprint density at radius 3 is 2.81 bits per heavy atom. The number of benzene rings is 1. The molecule has 0 saturated carbocycles. The number of nitrogens with zero attached hydrogens (tertiary/aromatic N) is 3. The van der Waals surface area contributed by atoms with E-state index in [0.29, 0.717) is 5.69 Å². The van der Waals surface area contributed by atoms with E-state index in [0.717, 1.165) is 47.8 Å². The first-order valence-electron chi connectivity index (χ1n) is 8.71. The summed E-state index contributed by atoms with van der Waals surface area (Å²) in [6.45, 7) is 0.742. The molecular weight excluding hydrogens is 348 g/mol. The van der Waals surface area contributed by atoms with Crippen LogP contribution in [0.1, 0.15) is 46.3 Å². The van der Waals surface area contributed by atoms with Crippen molar-refractivity contribution in [1.29, 1.82) is 0 Å². The van der Waals surface area contributed by atoms with Gasteiger partial charge in [-0.3, -0.25) is 14.9 Å². The van der Waals surface area contributed by atoms with Gasteiger partial charge in [-0.15, -0.1) is 0 Å². The highest BCUT2D eigenvalue weighted by Crippen LogP contribution is 2.32. The third-order valence-electron chi connectivity index (χ3n) is 4.71. The van der Waals surface area contributed by atoms with Crippen molar-refractivity contribution in [1.82, 2.24) is 20.1 Å². The molecule has 132 valence electrons. The first-order chi connectivity index (χ1) is 12.7. The number of nitrogens with one attached hydrogen (secondary N) is 1. The predicted octanol–water partition coefficient (Wildman–Crippen LogP) is 4.03. The molecule has 1 saturated heterocycles. The van der Waals surface area contributed by atoms with Crippen molar-refractivity contribution in [3.05, 3.63) is 82.4 Å². The average molecular weight is 367 g/mol. The smallest absolute Gasteiger partial charge is 0.272 e. The Kier molecular flexibility index (Phi) is 4.71. The van der Waals surface area contributed by atoms with Crippen molar-refractivity contribution in [2.24, 2.45) is 0 Å². The van der Waals surface area contributed by atoms with Crippen molar-refractivity contribution in [3.8, 4) is 0 Å². The molecule has 1 aliphatic heterocycles. The lowest BCUT2D eigenvalue weighted by Gasteiger charge is -2.24. The quantitative estimate of drug-likeness (QED) is 0.758. The second kappa shape index (κ2) is 7.30. The zero-order chi connectivity index (χ0) is 17.9. The average Bonchev–Trinajstić information content (AvgIpc) is 3.35. The normalized spacial score (nSPS) is 16.8. The number of hydrogen-bond donors (Lipinski definition) is 1. The summed E-state index contributed by atoms with van der Waals surface area (Å²) in [5, 5.41) is 7.37. The number of rotatable bonds is 4. The van der Waals surface area contributed by atoms with Crippen LogP contribution in [0, 0.1) is 0 Å². The molecule has 1 fully saturated rings. The Hall–Kier alpha value is -2.66. The molecule has 4 rings (SSSR count). The summed E-state index contributed by atoms with van der Waals surface area (Å²) in [7, 11) is 0. The summed E-state index contributed by atoms with van der Waals surface area (Å²) < 4.78 is 0. The van der Waals surface area contributed by atoms with Gasteiger partial charge in [0.1, 0.15) is 5.69 Å². The standard InChI is InChI=1S/C20H19ClN4O/c21-15-8-6-14(7-9-15)13-16-3-1-4-17(23-16)19-5-2-12-25(19)20(26)18-10-11-22-24-18/h1,3-4,6-11,19H,2,5,12-13H2,(H,22,24)/t19-/m1/s1. The van der Waals surface area contributed by atoms with Gasteiger partial charge in [0, 0.05) is 29.9 Å².